The van der Waals surface area contributed by atoms with Gasteiger partial charge in [-0.1, -0.05) is 48.2 Å². The number of anilines is 1. The Labute approximate surface area is 163 Å². The third-order valence-corrected chi connectivity index (χ3v) is 4.47. The first-order chi connectivity index (χ1) is 13.3. The number of benzene rings is 3. The van der Waals surface area contributed by atoms with Crippen molar-refractivity contribution in [2.45, 2.75) is 0 Å². The van der Waals surface area contributed by atoms with E-state index in [1.54, 1.807) is 36.4 Å². The third-order valence-electron chi connectivity index (χ3n) is 3.86. The van der Waals surface area contributed by atoms with Crippen LogP contribution in [0.5, 0.6) is 0 Å². The van der Waals surface area contributed by atoms with Gasteiger partial charge in [-0.05, 0) is 42.0 Å². The molecule has 2 N–H and O–H groups in total. The normalized spacial score (nSPS) is 10.6. The van der Waals surface area contributed by atoms with Gasteiger partial charge in [0.25, 0.3) is 0 Å². The number of carbonyl (C=O) groups is 1. The first-order valence-electron chi connectivity index (χ1n) is 8.35. The second kappa shape index (κ2) is 7.99. The molecular weight excluding hydrogens is 374 g/mol. The summed E-state index contributed by atoms with van der Waals surface area (Å²) in [6.45, 7) is 0. The van der Waals surface area contributed by atoms with E-state index in [1.165, 1.54) is 6.07 Å². The molecule has 0 aliphatic rings. The van der Waals surface area contributed by atoms with Crippen LogP contribution in [0.25, 0.3) is 11.1 Å². The maximum Gasteiger partial charge on any atom is 0.336 e. The van der Waals surface area contributed by atoms with E-state index in [9.17, 15) is 18.3 Å². The second-order valence-electron chi connectivity index (χ2n) is 6.10. The number of hydrogen-bond donors (Lipinski definition) is 2. The van der Waals surface area contributed by atoms with Gasteiger partial charge < -0.3 is 5.11 Å². The van der Waals surface area contributed by atoms with Crippen molar-refractivity contribution >= 4 is 21.7 Å². The van der Waals surface area contributed by atoms with Crippen molar-refractivity contribution < 1.29 is 18.3 Å². The van der Waals surface area contributed by atoms with Crippen LogP contribution in [0.1, 0.15) is 21.5 Å². The molecule has 0 amide bonds. The van der Waals surface area contributed by atoms with E-state index in [0.717, 1.165) is 11.8 Å². The molecule has 3 aromatic rings. The molecule has 0 saturated heterocycles. The first-order valence-corrected chi connectivity index (χ1v) is 10.2. The highest BCUT2D eigenvalue weighted by atomic mass is 32.2. The Hall–Kier alpha value is -3.56. The van der Waals surface area contributed by atoms with E-state index >= 15 is 0 Å². The van der Waals surface area contributed by atoms with Crippen LogP contribution in [0, 0.1) is 11.8 Å². The number of aromatic carboxylic acids is 1. The molecule has 0 fully saturated rings. The van der Waals surface area contributed by atoms with Crippen LogP contribution < -0.4 is 4.72 Å². The van der Waals surface area contributed by atoms with Crippen molar-refractivity contribution in [3.63, 3.8) is 0 Å². The summed E-state index contributed by atoms with van der Waals surface area (Å²) in [4.78, 5) is 11.8. The lowest BCUT2D eigenvalue weighted by Crippen LogP contribution is -2.09. The Morgan fingerprint density at radius 2 is 1.64 bits per heavy atom. The van der Waals surface area contributed by atoms with Crippen LogP contribution in [0.3, 0.4) is 0 Å². The van der Waals surface area contributed by atoms with E-state index in [2.05, 4.69) is 16.6 Å². The minimum atomic E-state index is -3.45. The lowest BCUT2D eigenvalue weighted by atomic mass is 9.94. The highest BCUT2D eigenvalue weighted by Gasteiger charge is 2.16. The fourth-order valence-electron chi connectivity index (χ4n) is 2.76. The predicted molar refractivity (Wildman–Crippen MR) is 110 cm³/mol. The molecule has 0 heterocycles. The van der Waals surface area contributed by atoms with Gasteiger partial charge in [-0.3, -0.25) is 4.72 Å². The molecule has 0 atom stereocenters. The number of rotatable bonds is 4. The number of carboxylic acid groups (broad SMARTS) is 1. The Morgan fingerprint density at radius 1 is 0.929 bits per heavy atom. The topological polar surface area (TPSA) is 83.5 Å². The second-order valence-corrected chi connectivity index (χ2v) is 7.85. The molecule has 3 rings (SSSR count). The lowest BCUT2D eigenvalue weighted by molar-refractivity contribution is 0.0697. The van der Waals surface area contributed by atoms with Crippen LogP contribution in [-0.4, -0.2) is 25.7 Å². The molecule has 5 nitrogen and oxygen atoms in total. The van der Waals surface area contributed by atoms with E-state index in [1.807, 2.05) is 30.3 Å². The standard InChI is InChI=1S/C22H17NO4S/c1-28(26,27)23-19-11-5-10-18(15-19)21-17(9-6-12-20(21)22(24)25)14-13-16-7-3-2-4-8-16/h2-12,15,23H,1H3,(H,24,25). The highest BCUT2D eigenvalue weighted by Crippen LogP contribution is 2.30. The van der Waals surface area contributed by atoms with Crippen molar-refractivity contribution in [2.24, 2.45) is 0 Å². The van der Waals surface area contributed by atoms with E-state index in [4.69, 9.17) is 0 Å². The average Bonchev–Trinajstić information content (AvgIpc) is 2.65. The Kier molecular flexibility index (Phi) is 5.48. The van der Waals surface area contributed by atoms with E-state index in [-0.39, 0.29) is 5.56 Å². The van der Waals surface area contributed by atoms with Crippen molar-refractivity contribution in [1.82, 2.24) is 0 Å². The summed E-state index contributed by atoms with van der Waals surface area (Å²) in [5, 5.41) is 9.63. The molecule has 140 valence electrons. The molecule has 3 aromatic carbocycles. The highest BCUT2D eigenvalue weighted by molar-refractivity contribution is 7.92. The summed E-state index contributed by atoms with van der Waals surface area (Å²) in [6, 6.07) is 20.8. The predicted octanol–water partition coefficient (Wildman–Crippen LogP) is 3.82. The smallest absolute Gasteiger partial charge is 0.336 e. The van der Waals surface area contributed by atoms with Gasteiger partial charge in [0.2, 0.25) is 10.0 Å². The number of hydrogen-bond acceptors (Lipinski definition) is 3. The summed E-state index contributed by atoms with van der Waals surface area (Å²) in [5.74, 6) is 4.99. The molecule has 0 aliphatic heterocycles. The van der Waals surface area contributed by atoms with Crippen LogP contribution >= 0.6 is 0 Å². The van der Waals surface area contributed by atoms with Crippen LogP contribution in [0.15, 0.2) is 72.8 Å². The zero-order valence-corrected chi connectivity index (χ0v) is 15.8. The van der Waals surface area contributed by atoms with Gasteiger partial charge in [0.1, 0.15) is 0 Å². The van der Waals surface area contributed by atoms with Gasteiger partial charge >= 0.3 is 5.97 Å². The van der Waals surface area contributed by atoms with Gasteiger partial charge in [-0.2, -0.15) is 0 Å². The SMILES string of the molecule is CS(=O)(=O)Nc1cccc(-c2c(C#Cc3ccccc3)cccc2C(=O)O)c1. The lowest BCUT2D eigenvalue weighted by Gasteiger charge is -2.11. The van der Waals surface area contributed by atoms with Gasteiger partial charge in [0.15, 0.2) is 0 Å². The van der Waals surface area contributed by atoms with Crippen molar-refractivity contribution in [1.29, 1.82) is 0 Å². The Balaban J connectivity index is 2.16. The first kappa shape index (κ1) is 19.2. The molecular formula is C22H17NO4S. The van der Waals surface area contributed by atoms with Crippen molar-refractivity contribution in [3.8, 4) is 23.0 Å². The van der Waals surface area contributed by atoms with Crippen LogP contribution in [-0.2, 0) is 10.0 Å². The largest absolute Gasteiger partial charge is 0.478 e. The van der Waals surface area contributed by atoms with Gasteiger partial charge in [-0.25, -0.2) is 13.2 Å². The fourth-order valence-corrected chi connectivity index (χ4v) is 3.31. The Morgan fingerprint density at radius 3 is 2.32 bits per heavy atom. The van der Waals surface area contributed by atoms with Gasteiger partial charge in [0, 0.05) is 22.4 Å². The summed E-state index contributed by atoms with van der Waals surface area (Å²) >= 11 is 0. The fraction of sp³-hybridized carbons (Fsp3) is 0.0455. The molecule has 0 aliphatic carbocycles. The molecule has 6 heteroatoms. The molecule has 28 heavy (non-hydrogen) atoms. The summed E-state index contributed by atoms with van der Waals surface area (Å²) in [6.07, 6.45) is 1.06. The summed E-state index contributed by atoms with van der Waals surface area (Å²) in [5.41, 5.74) is 2.79. The van der Waals surface area contributed by atoms with Crippen molar-refractivity contribution in [2.75, 3.05) is 11.0 Å². The molecule has 0 spiro atoms. The zero-order valence-electron chi connectivity index (χ0n) is 15.0. The number of sulfonamides is 1. The Bertz CT molecular complexity index is 1190. The molecule has 0 unspecified atom stereocenters. The maximum absolute atomic E-state index is 11.8. The molecule has 0 saturated carbocycles. The molecule has 0 aromatic heterocycles. The maximum atomic E-state index is 11.8. The van der Waals surface area contributed by atoms with Crippen LogP contribution in [0.4, 0.5) is 5.69 Å². The van der Waals surface area contributed by atoms with Gasteiger partial charge in [0.05, 0.1) is 11.8 Å². The average molecular weight is 391 g/mol. The van der Waals surface area contributed by atoms with E-state index < -0.39 is 16.0 Å². The minimum absolute atomic E-state index is 0.0939. The molecule has 0 bridgehead atoms. The third kappa shape index (κ3) is 4.78. The van der Waals surface area contributed by atoms with Crippen molar-refractivity contribution in [3.05, 3.63) is 89.5 Å². The van der Waals surface area contributed by atoms with E-state index in [0.29, 0.717) is 22.4 Å². The molecule has 0 radical (unpaired) electrons. The summed E-state index contributed by atoms with van der Waals surface area (Å²) in [7, 11) is -3.45. The van der Waals surface area contributed by atoms with Crippen LogP contribution in [0.2, 0.25) is 0 Å². The van der Waals surface area contributed by atoms with Gasteiger partial charge in [-0.15, -0.1) is 0 Å². The minimum Gasteiger partial charge on any atom is -0.478 e. The number of carboxylic acids is 1. The number of nitrogens with one attached hydrogen (secondary N) is 1. The summed E-state index contributed by atoms with van der Waals surface area (Å²) < 4.78 is 25.5. The zero-order chi connectivity index (χ0) is 20.1. The quantitative estimate of drug-likeness (QED) is 0.662. The monoisotopic (exact) mass is 391 g/mol.